The predicted molar refractivity (Wildman–Crippen MR) is 92.0 cm³/mol. The second kappa shape index (κ2) is 7.39. The molecule has 4 rings (SSSR count). The van der Waals surface area contributed by atoms with Crippen molar-refractivity contribution in [1.29, 1.82) is 0 Å². The van der Waals surface area contributed by atoms with Gasteiger partial charge in [-0.2, -0.15) is 4.72 Å². The van der Waals surface area contributed by atoms with Crippen LogP contribution in [0.4, 0.5) is 4.39 Å². The van der Waals surface area contributed by atoms with E-state index in [4.69, 9.17) is 23.8 Å². The van der Waals surface area contributed by atoms with Crippen LogP contribution in [-0.4, -0.2) is 44.1 Å². The normalized spacial score (nSPS) is 26.3. The molecule has 29 heavy (non-hydrogen) atoms. The molecule has 1 aromatic heterocycles. The highest BCUT2D eigenvalue weighted by Gasteiger charge is 2.55. The van der Waals surface area contributed by atoms with Gasteiger partial charge in [-0.1, -0.05) is 0 Å². The van der Waals surface area contributed by atoms with Crippen molar-refractivity contribution < 1.29 is 41.4 Å². The van der Waals surface area contributed by atoms with Crippen molar-refractivity contribution in [3.05, 3.63) is 42.2 Å². The molecule has 1 saturated heterocycles. The Hall–Kier alpha value is -2.51. The molecule has 1 aliphatic carbocycles. The van der Waals surface area contributed by atoms with Crippen molar-refractivity contribution >= 4 is 15.9 Å². The average molecular weight is 428 g/mol. The number of carbonyl (C=O) groups excluding carboxylic acids is 1. The lowest BCUT2D eigenvalue weighted by molar-refractivity contribution is -0.136. The number of halogens is 1. The minimum atomic E-state index is -4.31. The maximum Gasteiger partial charge on any atom is 0.291 e. The van der Waals surface area contributed by atoms with Gasteiger partial charge in [-0.15, -0.1) is 0 Å². The fourth-order valence-electron chi connectivity index (χ4n) is 3.43. The fraction of sp³-hybridized carbons (Fsp3) is 0.353. The summed E-state index contributed by atoms with van der Waals surface area (Å²) in [5.41, 5.74) is -0.182. The quantitative estimate of drug-likeness (QED) is 0.462. The Kier molecular flexibility index (Phi) is 5.04. The highest BCUT2D eigenvalue weighted by Crippen LogP contribution is 2.39. The zero-order valence-electron chi connectivity index (χ0n) is 14.8. The molecular formula is C17H17FN2O8S. The SMILES string of the molecule is O=C(NO)C1(NS(=O)(=O)c2ccc(Oc3ccc(F)cc3)o2)CC2OCOC2C1. The molecule has 2 aliphatic rings. The van der Waals surface area contributed by atoms with Crippen LogP contribution in [0.1, 0.15) is 12.8 Å². The number of nitrogens with one attached hydrogen (secondary N) is 2. The van der Waals surface area contributed by atoms with Gasteiger partial charge >= 0.3 is 0 Å². The number of fused-ring (bicyclic) bond motifs is 1. The molecule has 156 valence electrons. The first-order chi connectivity index (χ1) is 13.8. The molecule has 2 atom stereocenters. The number of sulfonamides is 1. The molecule has 0 spiro atoms. The molecule has 2 heterocycles. The molecule has 10 nitrogen and oxygen atoms in total. The molecule has 1 amide bonds. The molecule has 0 bridgehead atoms. The number of furan rings is 1. The van der Waals surface area contributed by atoms with E-state index in [1.807, 2.05) is 0 Å². The second-order valence-electron chi connectivity index (χ2n) is 6.69. The average Bonchev–Trinajstić information content (AvgIpc) is 3.38. The smallest absolute Gasteiger partial charge is 0.291 e. The Balaban J connectivity index is 1.54. The van der Waals surface area contributed by atoms with E-state index in [2.05, 4.69) is 4.72 Å². The minimum absolute atomic E-state index is 0.0249. The largest absolute Gasteiger partial charge is 0.426 e. The second-order valence-corrected chi connectivity index (χ2v) is 8.31. The third-order valence-corrected chi connectivity index (χ3v) is 6.21. The highest BCUT2D eigenvalue weighted by molar-refractivity contribution is 7.89. The Bertz CT molecular complexity index is 995. The van der Waals surface area contributed by atoms with E-state index in [1.165, 1.54) is 35.8 Å². The van der Waals surface area contributed by atoms with Gasteiger partial charge in [-0.3, -0.25) is 10.0 Å². The lowest BCUT2D eigenvalue weighted by Gasteiger charge is -2.27. The van der Waals surface area contributed by atoms with Gasteiger partial charge < -0.3 is 18.6 Å². The van der Waals surface area contributed by atoms with Gasteiger partial charge in [0.15, 0.2) is 0 Å². The molecule has 2 fully saturated rings. The van der Waals surface area contributed by atoms with Crippen LogP contribution in [0.25, 0.3) is 0 Å². The summed E-state index contributed by atoms with van der Waals surface area (Å²) in [6, 6.07) is 7.47. The van der Waals surface area contributed by atoms with Crippen LogP contribution in [-0.2, 0) is 24.3 Å². The molecule has 12 heteroatoms. The van der Waals surface area contributed by atoms with Crippen molar-refractivity contribution in [2.24, 2.45) is 0 Å². The van der Waals surface area contributed by atoms with Gasteiger partial charge in [0, 0.05) is 25.0 Å². The zero-order chi connectivity index (χ0) is 20.6. The summed E-state index contributed by atoms with van der Waals surface area (Å²) < 4.78 is 62.1. The van der Waals surface area contributed by atoms with Crippen LogP contribution in [0.15, 0.2) is 45.9 Å². The summed E-state index contributed by atoms with van der Waals surface area (Å²) in [6.07, 6.45) is -1.01. The molecule has 1 aliphatic heterocycles. The van der Waals surface area contributed by atoms with E-state index < -0.39 is 44.6 Å². The molecular weight excluding hydrogens is 411 g/mol. The Morgan fingerprint density at radius 1 is 1.14 bits per heavy atom. The lowest BCUT2D eigenvalue weighted by Crippen LogP contribution is -2.57. The standard InChI is InChI=1S/C17H17FN2O8S/c18-10-1-3-11(4-2-10)27-14-5-6-15(28-14)29(23,24)20-17(16(21)19-22)7-12-13(8-17)26-9-25-12/h1-6,12-13,20,22H,7-9H2,(H,19,21). The van der Waals surface area contributed by atoms with Gasteiger partial charge in [0.2, 0.25) is 5.09 Å². The maximum absolute atomic E-state index is 13.0. The van der Waals surface area contributed by atoms with E-state index in [0.29, 0.717) is 0 Å². The summed E-state index contributed by atoms with van der Waals surface area (Å²) >= 11 is 0. The first-order valence-electron chi connectivity index (χ1n) is 8.56. The summed E-state index contributed by atoms with van der Waals surface area (Å²) in [5, 5.41) is 8.59. The van der Waals surface area contributed by atoms with E-state index in [-0.39, 0.29) is 31.3 Å². The van der Waals surface area contributed by atoms with Crippen molar-refractivity contribution in [1.82, 2.24) is 10.2 Å². The third kappa shape index (κ3) is 3.84. The number of rotatable bonds is 6. The van der Waals surface area contributed by atoms with Gasteiger partial charge in [-0.05, 0) is 24.3 Å². The number of amides is 1. The number of ether oxygens (including phenoxy) is 3. The summed E-state index contributed by atoms with van der Waals surface area (Å²) in [7, 11) is -4.31. The fourth-order valence-corrected chi connectivity index (χ4v) is 4.74. The molecule has 1 aromatic carbocycles. The topological polar surface area (TPSA) is 136 Å². The Morgan fingerprint density at radius 2 is 1.79 bits per heavy atom. The number of benzene rings is 1. The van der Waals surface area contributed by atoms with Gasteiger partial charge in [0.1, 0.15) is 23.9 Å². The molecule has 3 N–H and O–H groups in total. The van der Waals surface area contributed by atoms with Crippen molar-refractivity contribution in [3.8, 4) is 11.7 Å². The van der Waals surface area contributed by atoms with Crippen LogP contribution < -0.4 is 14.9 Å². The lowest BCUT2D eigenvalue weighted by atomic mass is 9.98. The van der Waals surface area contributed by atoms with Crippen LogP contribution in [0, 0.1) is 5.82 Å². The third-order valence-electron chi connectivity index (χ3n) is 4.80. The number of carbonyl (C=O) groups is 1. The van der Waals surface area contributed by atoms with E-state index in [9.17, 15) is 17.6 Å². The molecule has 2 unspecified atom stereocenters. The van der Waals surface area contributed by atoms with Gasteiger partial charge in [-0.25, -0.2) is 18.3 Å². The first kappa shape index (κ1) is 19.8. The van der Waals surface area contributed by atoms with Crippen LogP contribution in [0.3, 0.4) is 0 Å². The van der Waals surface area contributed by atoms with Crippen molar-refractivity contribution in [2.75, 3.05) is 6.79 Å². The Morgan fingerprint density at radius 3 is 2.41 bits per heavy atom. The summed E-state index contributed by atoms with van der Waals surface area (Å²) in [5.74, 6) is -1.29. The summed E-state index contributed by atoms with van der Waals surface area (Å²) in [4.78, 5) is 12.3. The first-order valence-corrected chi connectivity index (χ1v) is 10.0. The van der Waals surface area contributed by atoms with Crippen molar-refractivity contribution in [2.45, 2.75) is 35.7 Å². The molecule has 2 aromatic rings. The van der Waals surface area contributed by atoms with Crippen molar-refractivity contribution in [3.63, 3.8) is 0 Å². The van der Waals surface area contributed by atoms with Gasteiger partial charge in [0.25, 0.3) is 21.9 Å². The Labute approximate surface area is 164 Å². The van der Waals surface area contributed by atoms with E-state index >= 15 is 0 Å². The summed E-state index contributed by atoms with van der Waals surface area (Å²) in [6.45, 7) is 0.0567. The number of hydroxylamine groups is 1. The predicted octanol–water partition coefficient (Wildman–Crippen LogP) is 1.27. The van der Waals surface area contributed by atoms with Gasteiger partial charge in [0.05, 0.1) is 12.2 Å². The number of hydrogen-bond donors (Lipinski definition) is 3. The van der Waals surface area contributed by atoms with Crippen LogP contribution in [0.5, 0.6) is 11.7 Å². The zero-order valence-corrected chi connectivity index (χ0v) is 15.6. The van der Waals surface area contributed by atoms with E-state index in [0.717, 1.165) is 6.07 Å². The molecule has 0 radical (unpaired) electrons. The van der Waals surface area contributed by atoms with E-state index in [1.54, 1.807) is 0 Å². The number of hydrogen-bond acceptors (Lipinski definition) is 8. The van der Waals surface area contributed by atoms with Crippen LogP contribution >= 0.6 is 0 Å². The maximum atomic E-state index is 13.0. The van der Waals surface area contributed by atoms with Crippen LogP contribution in [0.2, 0.25) is 0 Å². The monoisotopic (exact) mass is 428 g/mol. The minimum Gasteiger partial charge on any atom is -0.426 e. The highest BCUT2D eigenvalue weighted by atomic mass is 32.2. The molecule has 1 saturated carbocycles.